The van der Waals surface area contributed by atoms with Gasteiger partial charge in [-0.2, -0.15) is 0 Å². The van der Waals surface area contributed by atoms with Gasteiger partial charge in [-0.3, -0.25) is 104 Å². The third kappa shape index (κ3) is 36.9. The highest BCUT2D eigenvalue weighted by Gasteiger charge is 2.46. The number of nitrogens with two attached hydrogens (primary N) is 8. The lowest BCUT2D eigenvalue weighted by Crippen LogP contribution is -2.61. The van der Waals surface area contributed by atoms with E-state index in [1.54, 1.807) is 44.3 Å². The van der Waals surface area contributed by atoms with Crippen LogP contribution in [0.25, 0.3) is 10.9 Å². The lowest BCUT2D eigenvalue weighted by Gasteiger charge is -2.34. The van der Waals surface area contributed by atoms with E-state index in [-0.39, 0.29) is 193 Å². The molecule has 0 bridgehead atoms. The number of primary amides is 1. The van der Waals surface area contributed by atoms with E-state index >= 15 is 28.8 Å². The van der Waals surface area contributed by atoms with Crippen molar-refractivity contribution in [2.45, 2.75) is 241 Å². The number of hydrogen-bond donors (Lipinski definition) is 33. The topological polar surface area (TPSA) is 846 Å². The fourth-order valence-corrected chi connectivity index (χ4v) is 14.7. The molecular weight excluding hydrogens is 1670 g/mol. The van der Waals surface area contributed by atoms with Crippen LogP contribution in [0.15, 0.2) is 30.5 Å². The molecule has 0 spiro atoms. The predicted octanol–water partition coefficient (Wildman–Crippen LogP) is -9.19. The summed E-state index contributed by atoms with van der Waals surface area (Å²) in [6.45, 7) is 3.92. The highest BCUT2D eigenvalue weighted by Crippen LogP contribution is 2.28. The minimum absolute atomic E-state index is 0.00172. The third-order valence-electron chi connectivity index (χ3n) is 21.2. The zero-order chi connectivity index (χ0) is 94.7. The number of hydrogen-bond acceptors (Lipinski definition) is 22. The molecule has 4 heterocycles. The summed E-state index contributed by atoms with van der Waals surface area (Å²) in [7, 11) is 0. The summed E-state index contributed by atoms with van der Waals surface area (Å²) in [6, 6.07) is -12.6. The van der Waals surface area contributed by atoms with Crippen LogP contribution >= 0.6 is 0 Å². The number of para-hydroxylation sites is 1. The lowest BCUT2D eigenvalue weighted by atomic mass is 10.00. The minimum Gasteiger partial charge on any atom is -0.370 e. The van der Waals surface area contributed by atoms with Gasteiger partial charge in [0, 0.05) is 75.9 Å². The van der Waals surface area contributed by atoms with Crippen molar-refractivity contribution in [3.05, 3.63) is 36.0 Å². The van der Waals surface area contributed by atoms with Crippen LogP contribution in [0.1, 0.15) is 161 Å². The SMILES string of the molecule is CC(C)C[C@@H]1NC(=O)[C@H](CCCNC(=N)N)NC(=O)[C@H](Cc2c[nH]c3ccccc23)NC(=O)[C@H]2CCCN2C(=O)[C@@H]2CCCN2C(=O)[C@H](CCCNC(=N)N)NC(=O)[C@H](CCCNC(=N)N)NC(=O)[C@H](CC(N)=O)NC(=O)[C@H](CCCNC(=N)N)NC(=O)[C@H](CCCCN)NC(=O)CNC(=O)[C@@H](CCCNC(=N)N)NC(=O)[C@H](C)NC(=O)[C@H](CCCNC(=N)N)NC1=O. The molecule has 0 radical (unpaired) electrons. The first kappa shape index (κ1) is 105. The van der Waals surface area contributed by atoms with Gasteiger partial charge in [0.15, 0.2) is 35.8 Å². The molecule has 0 aliphatic carbocycles. The number of unbranched alkanes of at least 4 members (excludes halogenated alkanes) is 1. The van der Waals surface area contributed by atoms with Crippen LogP contribution in [0.3, 0.4) is 0 Å². The molecule has 41 N–H and O–H groups in total. The maximum atomic E-state index is 15.4. The Bertz CT molecular complexity index is 4220. The van der Waals surface area contributed by atoms with Crippen molar-refractivity contribution in [1.82, 2.24) is 110 Å². The van der Waals surface area contributed by atoms with Crippen LogP contribution in [0.5, 0.6) is 0 Å². The van der Waals surface area contributed by atoms with E-state index in [0.29, 0.717) is 22.9 Å². The number of carbonyl (C=O) groups excluding carboxylic acids is 15. The smallest absolute Gasteiger partial charge is 0.246 e. The van der Waals surface area contributed by atoms with Gasteiger partial charge in [0.1, 0.15) is 78.5 Å². The van der Waals surface area contributed by atoms with E-state index in [1.165, 1.54) is 16.7 Å². The zero-order valence-corrected chi connectivity index (χ0v) is 72.7. The van der Waals surface area contributed by atoms with E-state index in [4.69, 9.17) is 78.3 Å². The summed E-state index contributed by atoms with van der Waals surface area (Å²) >= 11 is 0. The van der Waals surface area contributed by atoms with Crippen LogP contribution < -0.4 is 142 Å². The Labute approximate surface area is 741 Å². The number of benzene rings is 1. The second-order valence-electron chi connectivity index (χ2n) is 32.0. The van der Waals surface area contributed by atoms with Gasteiger partial charge in [-0.25, -0.2) is 0 Å². The maximum Gasteiger partial charge on any atom is 0.246 e. The number of nitrogens with one attached hydrogen (secondary N) is 25. The highest BCUT2D eigenvalue weighted by molar-refractivity contribution is 6.02. The largest absolute Gasteiger partial charge is 0.370 e. The second kappa shape index (κ2) is 54.3. The van der Waals surface area contributed by atoms with Crippen LogP contribution in [0.2, 0.25) is 0 Å². The molecule has 5 rings (SSSR count). The van der Waals surface area contributed by atoms with Crippen molar-refractivity contribution < 1.29 is 71.9 Å². The van der Waals surface area contributed by atoms with Gasteiger partial charge in [0.05, 0.1) is 13.0 Å². The predicted molar refractivity (Wildman–Crippen MR) is 472 cm³/mol. The lowest BCUT2D eigenvalue weighted by molar-refractivity contribution is -0.148. The number of fused-ring (bicyclic) bond motifs is 3. The first-order chi connectivity index (χ1) is 60.8. The van der Waals surface area contributed by atoms with Gasteiger partial charge in [-0.1, -0.05) is 32.0 Å². The molecule has 0 unspecified atom stereocenters. The normalized spacial score (nSPS) is 23.5. The summed E-state index contributed by atoms with van der Waals surface area (Å²) in [6.07, 6.45) is 0.389. The molecule has 3 aliphatic rings. The molecule has 13 atom stereocenters. The second-order valence-corrected chi connectivity index (χ2v) is 32.0. The molecule has 128 heavy (non-hydrogen) atoms. The first-order valence-electron chi connectivity index (χ1n) is 43.0. The van der Waals surface area contributed by atoms with Gasteiger partial charge in [0.25, 0.3) is 0 Å². The van der Waals surface area contributed by atoms with Gasteiger partial charge in [-0.15, -0.1) is 0 Å². The molecule has 2 aromatic rings. The molecule has 1 aromatic carbocycles. The Morgan fingerprint density at radius 3 is 1.20 bits per heavy atom. The molecule has 50 heteroatoms. The fraction of sp³-hybridized carbons (Fsp3) is 0.628. The Morgan fingerprint density at radius 2 is 0.758 bits per heavy atom. The van der Waals surface area contributed by atoms with Crippen LogP contribution in [-0.4, -0.2) is 283 Å². The van der Waals surface area contributed by atoms with Crippen LogP contribution in [0.4, 0.5) is 0 Å². The van der Waals surface area contributed by atoms with Gasteiger partial charge in [0.2, 0.25) is 88.6 Å². The average Bonchev–Trinajstić information content (AvgIpc) is 1.60. The van der Waals surface area contributed by atoms with E-state index in [0.717, 1.165) is 0 Å². The molecule has 3 aliphatic heterocycles. The molecular formula is C78H133N35O15. The van der Waals surface area contributed by atoms with E-state index < -0.39 is 216 Å². The van der Waals surface area contributed by atoms with Crippen LogP contribution in [-0.2, 0) is 78.3 Å². The molecule has 3 fully saturated rings. The number of H-pyrrole nitrogens is 1. The average molecular weight is 1800 g/mol. The summed E-state index contributed by atoms with van der Waals surface area (Å²) in [5.41, 5.74) is 46.2. The highest BCUT2D eigenvalue weighted by atomic mass is 16.2. The number of guanidine groups is 6. The number of nitrogens with zero attached hydrogens (tertiary/aromatic N) is 2. The molecule has 3 saturated heterocycles. The fourth-order valence-electron chi connectivity index (χ4n) is 14.7. The Kier molecular flexibility index (Phi) is 44.5. The number of rotatable bonds is 34. The van der Waals surface area contributed by atoms with Crippen molar-refractivity contribution in [1.29, 1.82) is 32.5 Å². The summed E-state index contributed by atoms with van der Waals surface area (Å²) in [5, 5.41) is 94.3. The Balaban J connectivity index is 1.67. The molecule has 15 amide bonds. The molecule has 50 nitrogen and oxygen atoms in total. The molecule has 710 valence electrons. The van der Waals surface area contributed by atoms with E-state index in [2.05, 4.69) is 101 Å². The third-order valence-corrected chi connectivity index (χ3v) is 21.2. The number of aromatic nitrogens is 1. The Hall–Kier alpha value is -13.6. The maximum absolute atomic E-state index is 15.4. The number of aromatic amines is 1. The van der Waals surface area contributed by atoms with Gasteiger partial charge < -0.3 is 156 Å². The first-order valence-corrected chi connectivity index (χ1v) is 43.0. The standard InChI is InChI=1S/C78H133N35O15/c1-41(2)36-53-67(123)105-48(20-9-29-94-74(83)84)62(118)101-42(3)60(116)103-46(19-8-28-93-73(81)82)61(117)100-40-59(115)102-47(18-6-7-27-79)63(119)104-50(22-11-31-96-76(87)88)66(122)110-55(38-58(80)114)69(125)107-49(21-10-30-95-75(85)86)64(120)108-52(24-13-33-98-78(91)92)71(127)113-35-15-26-57(113)72(128)112-34-14-25-56(112)70(126)111-54(37-43-39-99-45-17-5-4-16-44(43)45)68(124)106-51(65(121)109-53)23-12-32-97-77(89)90/h4-5,16-17,39,41-42,46-57,99H,6-15,18-38,40,79H2,1-3H3,(H2,80,114)(H,100,117)(H,101,118)(H,102,115)(H,103,116)(H,104,119)(H,105,123)(H,106,124)(H,107,125)(H,108,120)(H,109,121)(H,110,122)(H,111,126)(H4,81,82,93)(H4,83,84,94)(H4,85,86,95)(H4,87,88,96)(H4,89,90,97)(H4,91,92,98)/t42-,46+,47-,48-,49-,50-,51-,52-,53-,54-,55-,56+,57-/m0/s1. The van der Waals surface area contributed by atoms with Crippen molar-refractivity contribution in [3.8, 4) is 0 Å². The van der Waals surface area contributed by atoms with Gasteiger partial charge >= 0.3 is 0 Å². The van der Waals surface area contributed by atoms with Crippen LogP contribution in [0, 0.1) is 38.4 Å². The minimum atomic E-state index is -1.92. The summed E-state index contributed by atoms with van der Waals surface area (Å²) < 4.78 is 0. The number of amides is 15. The van der Waals surface area contributed by atoms with Crippen molar-refractivity contribution in [2.24, 2.45) is 51.8 Å². The van der Waals surface area contributed by atoms with Crippen molar-refractivity contribution in [3.63, 3.8) is 0 Å². The van der Waals surface area contributed by atoms with Gasteiger partial charge in [-0.05, 0) is 159 Å². The Morgan fingerprint density at radius 1 is 0.406 bits per heavy atom. The summed E-state index contributed by atoms with van der Waals surface area (Å²) in [5.74, 6) is -17.2. The molecule has 1 aromatic heterocycles. The van der Waals surface area contributed by atoms with Crippen molar-refractivity contribution >= 4 is 135 Å². The summed E-state index contributed by atoms with van der Waals surface area (Å²) in [4.78, 5) is 226. The zero-order valence-electron chi connectivity index (χ0n) is 72.7. The van der Waals surface area contributed by atoms with E-state index in [9.17, 15) is 43.2 Å². The number of carbonyl (C=O) groups is 15. The van der Waals surface area contributed by atoms with Crippen molar-refractivity contribution in [2.75, 3.05) is 65.4 Å². The quantitative estimate of drug-likeness (QED) is 0.0176. The van der Waals surface area contributed by atoms with E-state index in [1.807, 2.05) is 0 Å². The molecule has 0 saturated carbocycles. The monoisotopic (exact) mass is 1800 g/mol.